The van der Waals surface area contributed by atoms with Crippen molar-refractivity contribution in [3.63, 3.8) is 0 Å². The largest absolute Gasteiger partial charge is 2.00 e. The number of rotatable bonds is 6. The van der Waals surface area contributed by atoms with E-state index in [0.717, 1.165) is 64.8 Å². The van der Waals surface area contributed by atoms with Gasteiger partial charge in [0.1, 0.15) is 20.2 Å². The first-order valence-corrected chi connectivity index (χ1v) is 12.0. The minimum Gasteiger partial charge on any atom is -0.744 e. The molecule has 0 amide bonds. The molecule has 0 atom stereocenters. The monoisotopic (exact) mass is 601 g/mol. The SMILES string of the molecule is COC(=O)c1cc(C(=O)OC)cc(S(=O)(=O)[O-])c1.COC(=O)c1cc(C(=O)OC)cc(S(=O)(=O)[O-])c1.[Mn+2]. The Balaban J connectivity index is 0.000000682. The number of esters is 4. The van der Waals surface area contributed by atoms with Crippen LogP contribution >= 0.6 is 0 Å². The van der Waals surface area contributed by atoms with Crippen molar-refractivity contribution in [2.24, 2.45) is 0 Å². The summed E-state index contributed by atoms with van der Waals surface area (Å²) in [4.78, 5) is 43.7. The third-order valence-corrected chi connectivity index (χ3v) is 5.70. The molecule has 1 radical (unpaired) electrons. The summed E-state index contributed by atoms with van der Waals surface area (Å²) >= 11 is 0. The number of carbonyl (C=O) groups is 4. The Morgan fingerprint density at radius 1 is 0.514 bits per heavy atom. The second-order valence-electron chi connectivity index (χ2n) is 6.37. The summed E-state index contributed by atoms with van der Waals surface area (Å²) in [7, 11) is -5.27. The molecule has 0 fully saturated rings. The van der Waals surface area contributed by atoms with Crippen molar-refractivity contribution in [3.8, 4) is 0 Å². The van der Waals surface area contributed by atoms with Gasteiger partial charge in [0.25, 0.3) is 0 Å². The molecule has 2 rings (SSSR count). The van der Waals surface area contributed by atoms with Gasteiger partial charge in [-0.1, -0.05) is 0 Å². The molecule has 2 aromatic carbocycles. The number of ether oxygens (including phenoxy) is 4. The molecule has 0 N–H and O–H groups in total. The molecule has 0 heterocycles. The van der Waals surface area contributed by atoms with Gasteiger partial charge in [-0.25, -0.2) is 36.0 Å². The van der Waals surface area contributed by atoms with Crippen LogP contribution in [0.2, 0.25) is 0 Å². The molecule has 0 aliphatic rings. The second-order valence-corrected chi connectivity index (χ2v) is 9.13. The van der Waals surface area contributed by atoms with Crippen molar-refractivity contribution in [2.45, 2.75) is 9.79 Å². The Morgan fingerprint density at radius 3 is 0.838 bits per heavy atom. The molecule has 0 aromatic heterocycles. The van der Waals surface area contributed by atoms with E-state index in [1.807, 2.05) is 0 Å². The van der Waals surface area contributed by atoms with Gasteiger partial charge in [-0.15, -0.1) is 0 Å². The average Bonchev–Trinajstić information content (AvgIpc) is 2.85. The van der Waals surface area contributed by atoms with Crippen LogP contribution < -0.4 is 0 Å². The summed E-state index contributed by atoms with van der Waals surface area (Å²) < 4.78 is 82.9. The zero-order chi connectivity index (χ0) is 27.8. The molecule has 2 aromatic rings. The summed E-state index contributed by atoms with van der Waals surface area (Å²) in [5.74, 6) is -3.48. The molecule has 14 nitrogen and oxygen atoms in total. The maximum absolute atomic E-state index is 11.3. The number of hydrogen-bond donors (Lipinski definition) is 0. The van der Waals surface area contributed by atoms with E-state index in [2.05, 4.69) is 18.9 Å². The zero-order valence-corrected chi connectivity index (χ0v) is 22.2. The van der Waals surface area contributed by atoms with Crippen LogP contribution in [0.5, 0.6) is 0 Å². The standard InChI is InChI=1S/2C10H10O7S.Mn/c2*1-16-9(11)6-3-7(10(12)17-2)5-8(4-6)18(13,14)15;/h2*3-5H,1-2H3,(H,13,14,15);/q;;+2/p-2. The van der Waals surface area contributed by atoms with E-state index in [-0.39, 0.29) is 39.3 Å². The van der Waals surface area contributed by atoms with E-state index >= 15 is 0 Å². The molecule has 37 heavy (non-hydrogen) atoms. The number of hydrogen-bond acceptors (Lipinski definition) is 14. The van der Waals surface area contributed by atoms with Crippen molar-refractivity contribution in [1.29, 1.82) is 0 Å². The minimum atomic E-state index is -4.80. The van der Waals surface area contributed by atoms with Crippen molar-refractivity contribution in [1.82, 2.24) is 0 Å². The van der Waals surface area contributed by atoms with Gasteiger partial charge in [0.15, 0.2) is 0 Å². The molecule has 201 valence electrons. The summed E-state index contributed by atoms with van der Waals surface area (Å²) in [5.41, 5.74) is -0.908. The van der Waals surface area contributed by atoms with Crippen LogP contribution in [0.4, 0.5) is 0 Å². The van der Waals surface area contributed by atoms with Gasteiger partial charge in [0.2, 0.25) is 0 Å². The number of benzene rings is 2. The predicted molar refractivity (Wildman–Crippen MR) is 114 cm³/mol. The average molecular weight is 601 g/mol. The fourth-order valence-corrected chi connectivity index (χ4v) is 3.51. The summed E-state index contributed by atoms with van der Waals surface area (Å²) in [6.45, 7) is 0. The van der Waals surface area contributed by atoms with Crippen LogP contribution in [0.3, 0.4) is 0 Å². The molecular weight excluding hydrogens is 583 g/mol. The van der Waals surface area contributed by atoms with Crippen LogP contribution in [0.25, 0.3) is 0 Å². The van der Waals surface area contributed by atoms with E-state index in [9.17, 15) is 45.1 Å². The second kappa shape index (κ2) is 13.8. The van der Waals surface area contributed by atoms with Crippen molar-refractivity contribution in [2.75, 3.05) is 28.4 Å². The van der Waals surface area contributed by atoms with E-state index in [4.69, 9.17) is 0 Å². The fraction of sp³-hybridized carbons (Fsp3) is 0.200. The summed E-state index contributed by atoms with van der Waals surface area (Å²) in [6, 6.07) is 5.49. The zero-order valence-electron chi connectivity index (χ0n) is 19.4. The molecule has 0 aliphatic heterocycles. The van der Waals surface area contributed by atoms with Crippen LogP contribution in [0.15, 0.2) is 46.2 Å². The van der Waals surface area contributed by atoms with Gasteiger partial charge in [-0.3, -0.25) is 0 Å². The molecule has 0 aliphatic carbocycles. The predicted octanol–water partition coefficient (Wildman–Crippen LogP) is 0.325. The van der Waals surface area contributed by atoms with E-state index in [0.29, 0.717) is 0 Å². The smallest absolute Gasteiger partial charge is 0.744 e. The Bertz CT molecular complexity index is 1220. The summed E-state index contributed by atoms with van der Waals surface area (Å²) in [5, 5.41) is 0. The summed E-state index contributed by atoms with van der Waals surface area (Å²) in [6.07, 6.45) is 0. The topological polar surface area (TPSA) is 220 Å². The fourth-order valence-electron chi connectivity index (χ4n) is 2.43. The van der Waals surface area contributed by atoms with Gasteiger partial charge in [-0.2, -0.15) is 0 Å². The van der Waals surface area contributed by atoms with Gasteiger partial charge in [-0.05, 0) is 36.4 Å². The molecule has 0 unspecified atom stereocenters. The van der Waals surface area contributed by atoms with Crippen molar-refractivity contribution >= 4 is 44.1 Å². The number of carbonyl (C=O) groups excluding carboxylic acids is 4. The van der Waals surface area contributed by atoms with Crippen LogP contribution in [0, 0.1) is 0 Å². The van der Waals surface area contributed by atoms with Crippen molar-refractivity contribution in [3.05, 3.63) is 58.7 Å². The van der Waals surface area contributed by atoms with Crippen LogP contribution in [-0.2, 0) is 56.3 Å². The Labute approximate surface area is 221 Å². The van der Waals surface area contributed by atoms with E-state index in [1.54, 1.807) is 0 Å². The van der Waals surface area contributed by atoms with E-state index < -0.39 is 53.9 Å². The Hall–Kier alpha value is -3.34. The first kappa shape index (κ1) is 33.7. The molecule has 0 bridgehead atoms. The Morgan fingerprint density at radius 2 is 0.703 bits per heavy atom. The minimum absolute atomic E-state index is 0. The maximum Gasteiger partial charge on any atom is 2.00 e. The maximum atomic E-state index is 11.3. The van der Waals surface area contributed by atoms with Crippen LogP contribution in [0.1, 0.15) is 41.4 Å². The van der Waals surface area contributed by atoms with E-state index in [1.165, 1.54) is 0 Å². The molecule has 0 spiro atoms. The van der Waals surface area contributed by atoms with Crippen molar-refractivity contribution < 1.29 is 81.1 Å². The first-order valence-electron chi connectivity index (χ1n) is 9.14. The third kappa shape index (κ3) is 9.56. The van der Waals surface area contributed by atoms with Gasteiger partial charge in [0, 0.05) is 0 Å². The molecule has 0 saturated carbocycles. The third-order valence-electron chi connectivity index (χ3n) is 4.07. The normalized spacial score (nSPS) is 10.5. The number of methoxy groups -OCH3 is 4. The van der Waals surface area contributed by atoms with Gasteiger partial charge in [0.05, 0.1) is 60.5 Å². The van der Waals surface area contributed by atoms with Gasteiger partial charge >= 0.3 is 40.9 Å². The molecule has 0 saturated heterocycles. The quantitative estimate of drug-likeness (QED) is 0.188. The Kier molecular flexibility index (Phi) is 12.6. The molecular formula is C20H18MnO14S2. The first-order chi connectivity index (χ1) is 16.6. The molecule has 17 heteroatoms. The van der Waals surface area contributed by atoms with Gasteiger partial charge < -0.3 is 28.1 Å². The van der Waals surface area contributed by atoms with Crippen LogP contribution in [-0.4, -0.2) is 78.3 Å².